The van der Waals surface area contributed by atoms with Gasteiger partial charge in [0.25, 0.3) is 0 Å². The number of aliphatic hydroxyl groups excluding tert-OH is 1. The van der Waals surface area contributed by atoms with Crippen molar-refractivity contribution in [3.63, 3.8) is 0 Å². The average Bonchev–Trinajstić information content (AvgIpc) is 2.82. The zero-order valence-corrected chi connectivity index (χ0v) is 10.2. The summed E-state index contributed by atoms with van der Waals surface area (Å²) in [4.78, 5) is 4.07. The summed E-state index contributed by atoms with van der Waals surface area (Å²) in [5.74, 6) is 0. The molecule has 2 rings (SSSR count). The summed E-state index contributed by atoms with van der Waals surface area (Å²) in [6.45, 7) is 4.16. The predicted octanol–water partition coefficient (Wildman–Crippen LogP) is 1.88. The van der Waals surface area contributed by atoms with E-state index < -0.39 is 0 Å². The Hall–Kier alpha value is -1.68. The number of aliphatic hydroxyl groups is 1. The SMILES string of the molecule is CCc1cc(CC)n(-c2ccnc(CO)c2)n1. The Morgan fingerprint density at radius 2 is 2.00 bits per heavy atom. The van der Waals surface area contributed by atoms with Gasteiger partial charge in [0.05, 0.1) is 23.7 Å². The third-order valence-corrected chi connectivity index (χ3v) is 2.76. The number of hydrogen-bond acceptors (Lipinski definition) is 3. The molecule has 1 N–H and O–H groups in total. The minimum absolute atomic E-state index is 0.0444. The van der Waals surface area contributed by atoms with E-state index in [-0.39, 0.29) is 6.61 Å². The van der Waals surface area contributed by atoms with Gasteiger partial charge >= 0.3 is 0 Å². The molecular weight excluding hydrogens is 214 g/mol. The van der Waals surface area contributed by atoms with Crippen molar-refractivity contribution < 1.29 is 5.11 Å². The molecule has 0 saturated carbocycles. The predicted molar refractivity (Wildman–Crippen MR) is 66.0 cm³/mol. The number of hydrogen-bond donors (Lipinski definition) is 1. The second-order valence-electron chi connectivity index (χ2n) is 3.91. The number of aromatic nitrogens is 3. The lowest BCUT2D eigenvalue weighted by Gasteiger charge is -2.06. The maximum Gasteiger partial charge on any atom is 0.0853 e. The van der Waals surface area contributed by atoms with E-state index in [9.17, 15) is 0 Å². The van der Waals surface area contributed by atoms with Gasteiger partial charge in [0.2, 0.25) is 0 Å². The van der Waals surface area contributed by atoms with Crippen LogP contribution in [0.2, 0.25) is 0 Å². The Kier molecular flexibility index (Phi) is 3.54. The molecule has 0 aliphatic rings. The molecule has 4 heteroatoms. The van der Waals surface area contributed by atoms with Gasteiger partial charge in [0.1, 0.15) is 0 Å². The minimum atomic E-state index is -0.0444. The fourth-order valence-corrected chi connectivity index (χ4v) is 1.81. The van der Waals surface area contributed by atoms with Crippen LogP contribution in [0.25, 0.3) is 5.69 Å². The molecule has 17 heavy (non-hydrogen) atoms. The monoisotopic (exact) mass is 231 g/mol. The van der Waals surface area contributed by atoms with Crippen LogP contribution in [0.15, 0.2) is 24.4 Å². The highest BCUT2D eigenvalue weighted by Crippen LogP contribution is 2.14. The van der Waals surface area contributed by atoms with Gasteiger partial charge in [0.15, 0.2) is 0 Å². The summed E-state index contributed by atoms with van der Waals surface area (Å²) >= 11 is 0. The largest absolute Gasteiger partial charge is 0.390 e. The lowest BCUT2D eigenvalue weighted by Crippen LogP contribution is -2.03. The normalized spacial score (nSPS) is 10.8. The first-order valence-corrected chi connectivity index (χ1v) is 5.92. The van der Waals surface area contributed by atoms with Crippen LogP contribution in [0.1, 0.15) is 30.9 Å². The smallest absolute Gasteiger partial charge is 0.0853 e. The maximum absolute atomic E-state index is 9.09. The summed E-state index contributed by atoms with van der Waals surface area (Å²) < 4.78 is 1.93. The highest BCUT2D eigenvalue weighted by molar-refractivity contribution is 5.34. The van der Waals surface area contributed by atoms with Crippen molar-refractivity contribution in [2.45, 2.75) is 33.3 Å². The second-order valence-corrected chi connectivity index (χ2v) is 3.91. The fourth-order valence-electron chi connectivity index (χ4n) is 1.81. The first-order chi connectivity index (χ1) is 8.28. The fraction of sp³-hybridized carbons (Fsp3) is 0.385. The molecule has 2 aromatic rings. The minimum Gasteiger partial charge on any atom is -0.390 e. The summed E-state index contributed by atoms with van der Waals surface area (Å²) in [7, 11) is 0. The van der Waals surface area contributed by atoms with E-state index >= 15 is 0 Å². The summed E-state index contributed by atoms with van der Waals surface area (Å²) in [5, 5.41) is 13.6. The first-order valence-electron chi connectivity index (χ1n) is 5.92. The van der Waals surface area contributed by atoms with Crippen molar-refractivity contribution in [2.75, 3.05) is 0 Å². The van der Waals surface area contributed by atoms with E-state index in [1.807, 2.05) is 16.8 Å². The van der Waals surface area contributed by atoms with Crippen LogP contribution in [0.4, 0.5) is 0 Å². The van der Waals surface area contributed by atoms with Crippen molar-refractivity contribution in [1.29, 1.82) is 0 Å². The van der Waals surface area contributed by atoms with Gasteiger partial charge in [-0.3, -0.25) is 4.98 Å². The maximum atomic E-state index is 9.09. The summed E-state index contributed by atoms with van der Waals surface area (Å²) in [6.07, 6.45) is 3.56. The van der Waals surface area contributed by atoms with E-state index in [1.165, 1.54) is 5.69 Å². The Bertz CT molecular complexity index is 505. The van der Waals surface area contributed by atoms with Gasteiger partial charge in [-0.2, -0.15) is 5.10 Å². The van der Waals surface area contributed by atoms with Crippen LogP contribution in [0.3, 0.4) is 0 Å². The van der Waals surface area contributed by atoms with Crippen LogP contribution in [0.5, 0.6) is 0 Å². The van der Waals surface area contributed by atoms with Crippen LogP contribution < -0.4 is 0 Å². The lowest BCUT2D eigenvalue weighted by molar-refractivity contribution is 0.277. The molecule has 0 aliphatic heterocycles. The molecule has 0 spiro atoms. The number of pyridine rings is 1. The third kappa shape index (κ3) is 2.36. The van der Waals surface area contributed by atoms with E-state index in [0.29, 0.717) is 5.69 Å². The Morgan fingerprint density at radius 3 is 2.65 bits per heavy atom. The number of rotatable bonds is 4. The van der Waals surface area contributed by atoms with E-state index in [4.69, 9.17) is 5.11 Å². The van der Waals surface area contributed by atoms with Crippen molar-refractivity contribution in [2.24, 2.45) is 0 Å². The molecule has 0 aliphatic carbocycles. The van der Waals surface area contributed by atoms with Crippen molar-refractivity contribution in [3.05, 3.63) is 41.5 Å². The van der Waals surface area contributed by atoms with Gasteiger partial charge in [-0.25, -0.2) is 4.68 Å². The Morgan fingerprint density at radius 1 is 1.18 bits per heavy atom. The van der Waals surface area contributed by atoms with Crippen LogP contribution in [-0.4, -0.2) is 19.9 Å². The number of aryl methyl sites for hydroxylation is 2. The first kappa shape index (κ1) is 11.8. The summed E-state index contributed by atoms with van der Waals surface area (Å²) in [5.41, 5.74) is 3.89. The van der Waals surface area contributed by atoms with Crippen LogP contribution in [-0.2, 0) is 19.4 Å². The zero-order valence-electron chi connectivity index (χ0n) is 10.2. The lowest BCUT2D eigenvalue weighted by atomic mass is 10.2. The average molecular weight is 231 g/mol. The van der Waals surface area contributed by atoms with Gasteiger partial charge in [-0.1, -0.05) is 13.8 Å². The molecule has 0 radical (unpaired) electrons. The highest BCUT2D eigenvalue weighted by Gasteiger charge is 2.07. The molecule has 2 aromatic heterocycles. The van der Waals surface area contributed by atoms with Crippen molar-refractivity contribution >= 4 is 0 Å². The highest BCUT2D eigenvalue weighted by atomic mass is 16.3. The quantitative estimate of drug-likeness (QED) is 0.874. The molecule has 0 aromatic carbocycles. The molecule has 90 valence electrons. The van der Waals surface area contributed by atoms with Gasteiger partial charge in [-0.15, -0.1) is 0 Å². The number of nitrogens with zero attached hydrogens (tertiary/aromatic N) is 3. The van der Waals surface area contributed by atoms with Crippen molar-refractivity contribution in [3.8, 4) is 5.69 Å². The van der Waals surface area contributed by atoms with E-state index in [1.54, 1.807) is 6.20 Å². The van der Waals surface area contributed by atoms with E-state index in [0.717, 1.165) is 24.2 Å². The molecule has 0 fully saturated rings. The molecule has 0 bridgehead atoms. The zero-order chi connectivity index (χ0) is 12.3. The molecule has 0 unspecified atom stereocenters. The molecule has 4 nitrogen and oxygen atoms in total. The Balaban J connectivity index is 2.47. The molecule has 0 saturated heterocycles. The third-order valence-electron chi connectivity index (χ3n) is 2.76. The standard InChI is InChI=1S/C13H17N3O/c1-3-10-7-12(4-2)16(15-10)13-5-6-14-11(8-13)9-17/h5-8,17H,3-4,9H2,1-2H3. The van der Waals surface area contributed by atoms with Crippen LogP contribution >= 0.6 is 0 Å². The molecule has 2 heterocycles. The van der Waals surface area contributed by atoms with E-state index in [2.05, 4.69) is 30.0 Å². The topological polar surface area (TPSA) is 50.9 Å². The second kappa shape index (κ2) is 5.10. The molecule has 0 amide bonds. The van der Waals surface area contributed by atoms with Gasteiger partial charge in [0, 0.05) is 11.9 Å². The summed E-state index contributed by atoms with van der Waals surface area (Å²) in [6, 6.07) is 5.90. The Labute approximate surface area is 101 Å². The molecular formula is C13H17N3O. The van der Waals surface area contributed by atoms with Gasteiger partial charge < -0.3 is 5.11 Å². The van der Waals surface area contributed by atoms with Crippen LogP contribution in [0, 0.1) is 0 Å². The molecule has 0 atom stereocenters. The van der Waals surface area contributed by atoms with Gasteiger partial charge in [-0.05, 0) is 31.0 Å². The van der Waals surface area contributed by atoms with Crippen molar-refractivity contribution in [1.82, 2.24) is 14.8 Å².